The highest BCUT2D eigenvalue weighted by atomic mass is 16.5. The summed E-state index contributed by atoms with van der Waals surface area (Å²) in [6, 6.07) is 11.4. The van der Waals surface area contributed by atoms with Crippen LogP contribution in [0.15, 0.2) is 48.8 Å². The van der Waals surface area contributed by atoms with Gasteiger partial charge in [0.1, 0.15) is 5.82 Å². The second kappa shape index (κ2) is 10.4. The molecule has 2 N–H and O–H groups in total. The zero-order valence-electron chi connectivity index (χ0n) is 17.8. The molecule has 0 aliphatic carbocycles. The third kappa shape index (κ3) is 5.81. The number of aromatic nitrogens is 3. The average molecular weight is 409 g/mol. The number of hydrogen-bond donors (Lipinski definition) is 2. The number of benzene rings is 1. The Morgan fingerprint density at radius 2 is 1.70 bits per heavy atom. The Morgan fingerprint density at radius 1 is 0.933 bits per heavy atom. The predicted octanol–water partition coefficient (Wildman–Crippen LogP) is 3.66. The van der Waals surface area contributed by atoms with Gasteiger partial charge in [0.15, 0.2) is 11.5 Å². The largest absolute Gasteiger partial charge is 0.493 e. The average Bonchev–Trinajstić information content (AvgIpc) is 2.77. The molecule has 8 nitrogen and oxygen atoms in total. The van der Waals surface area contributed by atoms with Crippen LogP contribution in [0.1, 0.15) is 6.42 Å². The Labute approximate surface area is 177 Å². The zero-order valence-corrected chi connectivity index (χ0v) is 17.8. The van der Waals surface area contributed by atoms with Crippen LogP contribution in [0.3, 0.4) is 0 Å². The van der Waals surface area contributed by atoms with E-state index in [2.05, 4.69) is 44.6 Å². The van der Waals surface area contributed by atoms with E-state index in [1.165, 1.54) is 0 Å². The fraction of sp³-hybridized carbons (Fsp3) is 0.318. The number of methoxy groups -OCH3 is 2. The Balaban J connectivity index is 1.86. The monoisotopic (exact) mass is 408 g/mol. The van der Waals surface area contributed by atoms with Crippen molar-refractivity contribution >= 4 is 17.5 Å². The van der Waals surface area contributed by atoms with Gasteiger partial charge in [-0.3, -0.25) is 4.98 Å². The standard InChI is InChI=1S/C22H28N6O2/c1-28(2)13-5-10-24-22-26-18(16-8-11-23-12-9-16)15-21(27-22)25-17-6-7-19(29-3)20(14-17)30-4/h6-9,11-12,14-15H,5,10,13H2,1-4H3,(H2,24,25,26,27). The van der Waals surface area contributed by atoms with Crippen molar-refractivity contribution < 1.29 is 9.47 Å². The molecule has 2 heterocycles. The Bertz CT molecular complexity index is 950. The fourth-order valence-corrected chi connectivity index (χ4v) is 2.92. The molecule has 0 saturated heterocycles. The SMILES string of the molecule is COc1ccc(Nc2cc(-c3ccncc3)nc(NCCCN(C)C)n2)cc1OC. The van der Waals surface area contributed by atoms with Crippen molar-refractivity contribution in [3.8, 4) is 22.8 Å². The molecule has 1 aromatic carbocycles. The molecule has 0 bridgehead atoms. The maximum absolute atomic E-state index is 5.40. The first-order valence-corrected chi connectivity index (χ1v) is 9.76. The molecular formula is C22H28N6O2. The third-order valence-corrected chi connectivity index (χ3v) is 4.42. The van der Waals surface area contributed by atoms with E-state index in [0.29, 0.717) is 23.3 Å². The number of ether oxygens (including phenoxy) is 2. The van der Waals surface area contributed by atoms with E-state index in [1.807, 2.05) is 36.4 Å². The molecule has 3 rings (SSSR count). The van der Waals surface area contributed by atoms with Gasteiger partial charge in [-0.1, -0.05) is 0 Å². The Morgan fingerprint density at radius 3 is 2.40 bits per heavy atom. The summed E-state index contributed by atoms with van der Waals surface area (Å²) < 4.78 is 10.7. The van der Waals surface area contributed by atoms with Crippen molar-refractivity contribution in [1.82, 2.24) is 19.9 Å². The summed E-state index contributed by atoms with van der Waals surface area (Å²) in [4.78, 5) is 15.6. The van der Waals surface area contributed by atoms with Gasteiger partial charge in [0.2, 0.25) is 5.95 Å². The van der Waals surface area contributed by atoms with Crippen molar-refractivity contribution in [2.45, 2.75) is 6.42 Å². The quantitative estimate of drug-likeness (QED) is 0.492. The van der Waals surface area contributed by atoms with Gasteiger partial charge in [0, 0.05) is 42.3 Å². The summed E-state index contributed by atoms with van der Waals surface area (Å²) in [5.41, 5.74) is 2.62. The van der Waals surface area contributed by atoms with E-state index in [-0.39, 0.29) is 0 Å². The lowest BCUT2D eigenvalue weighted by Gasteiger charge is -2.14. The second-order valence-corrected chi connectivity index (χ2v) is 6.98. The van der Waals surface area contributed by atoms with E-state index < -0.39 is 0 Å². The van der Waals surface area contributed by atoms with E-state index >= 15 is 0 Å². The minimum Gasteiger partial charge on any atom is -0.493 e. The van der Waals surface area contributed by atoms with Crippen molar-refractivity contribution in [1.29, 1.82) is 0 Å². The first-order chi connectivity index (χ1) is 14.6. The van der Waals surface area contributed by atoms with Crippen LogP contribution in [0.25, 0.3) is 11.3 Å². The van der Waals surface area contributed by atoms with Crippen LogP contribution < -0.4 is 20.1 Å². The molecule has 0 atom stereocenters. The number of anilines is 3. The fourth-order valence-electron chi connectivity index (χ4n) is 2.92. The molecule has 0 aliphatic rings. The van der Waals surface area contributed by atoms with E-state index in [0.717, 1.165) is 36.5 Å². The minimum absolute atomic E-state index is 0.575. The molecule has 3 aromatic rings. The lowest BCUT2D eigenvalue weighted by atomic mass is 10.2. The van der Waals surface area contributed by atoms with Gasteiger partial charge < -0.3 is 25.0 Å². The van der Waals surface area contributed by atoms with Gasteiger partial charge in [-0.15, -0.1) is 0 Å². The van der Waals surface area contributed by atoms with Crippen LogP contribution in [-0.2, 0) is 0 Å². The maximum Gasteiger partial charge on any atom is 0.225 e. The van der Waals surface area contributed by atoms with Crippen LogP contribution in [0.5, 0.6) is 11.5 Å². The third-order valence-electron chi connectivity index (χ3n) is 4.42. The molecule has 0 fully saturated rings. The number of pyridine rings is 1. The van der Waals surface area contributed by atoms with Gasteiger partial charge in [-0.2, -0.15) is 4.98 Å². The first kappa shape index (κ1) is 21.3. The maximum atomic E-state index is 5.40. The number of rotatable bonds is 10. The van der Waals surface area contributed by atoms with Crippen LogP contribution in [0.4, 0.5) is 17.5 Å². The highest BCUT2D eigenvalue weighted by Gasteiger charge is 2.09. The molecule has 2 aromatic heterocycles. The molecule has 30 heavy (non-hydrogen) atoms. The number of nitrogens with one attached hydrogen (secondary N) is 2. The molecule has 0 amide bonds. The highest BCUT2D eigenvalue weighted by molar-refractivity contribution is 5.68. The van der Waals surface area contributed by atoms with E-state index in [4.69, 9.17) is 9.47 Å². The summed E-state index contributed by atoms with van der Waals surface area (Å²) in [5.74, 6) is 2.57. The topological polar surface area (TPSA) is 84.4 Å². The smallest absolute Gasteiger partial charge is 0.225 e. The highest BCUT2D eigenvalue weighted by Crippen LogP contribution is 2.31. The molecule has 158 valence electrons. The molecule has 0 unspecified atom stereocenters. The van der Waals surface area contributed by atoms with Crippen molar-refractivity contribution in [3.63, 3.8) is 0 Å². The van der Waals surface area contributed by atoms with Crippen molar-refractivity contribution in [3.05, 3.63) is 48.8 Å². The normalized spacial score (nSPS) is 10.7. The van der Waals surface area contributed by atoms with E-state index in [1.54, 1.807) is 26.6 Å². The Kier molecular flexibility index (Phi) is 7.40. The summed E-state index contributed by atoms with van der Waals surface area (Å²) in [5, 5.41) is 6.67. The van der Waals surface area contributed by atoms with Crippen molar-refractivity contribution in [2.24, 2.45) is 0 Å². The summed E-state index contributed by atoms with van der Waals surface area (Å²) in [6.45, 7) is 1.78. The van der Waals surface area contributed by atoms with Crippen LogP contribution in [0, 0.1) is 0 Å². The lowest BCUT2D eigenvalue weighted by molar-refractivity contribution is 0.355. The van der Waals surface area contributed by atoms with Gasteiger partial charge in [0.25, 0.3) is 0 Å². The number of hydrogen-bond acceptors (Lipinski definition) is 8. The molecule has 0 spiro atoms. The van der Waals surface area contributed by atoms with Crippen LogP contribution in [0.2, 0.25) is 0 Å². The summed E-state index contributed by atoms with van der Waals surface area (Å²) in [6.07, 6.45) is 4.50. The van der Waals surface area contributed by atoms with Gasteiger partial charge in [-0.05, 0) is 51.3 Å². The van der Waals surface area contributed by atoms with Gasteiger partial charge in [-0.25, -0.2) is 4.98 Å². The van der Waals surface area contributed by atoms with Crippen LogP contribution >= 0.6 is 0 Å². The van der Waals surface area contributed by atoms with Gasteiger partial charge >= 0.3 is 0 Å². The summed E-state index contributed by atoms with van der Waals surface area (Å²) in [7, 11) is 7.35. The first-order valence-electron chi connectivity index (χ1n) is 9.76. The molecule has 8 heteroatoms. The molecule has 0 aliphatic heterocycles. The van der Waals surface area contributed by atoms with Gasteiger partial charge in [0.05, 0.1) is 19.9 Å². The lowest BCUT2D eigenvalue weighted by Crippen LogP contribution is -2.17. The predicted molar refractivity (Wildman–Crippen MR) is 120 cm³/mol. The van der Waals surface area contributed by atoms with E-state index in [9.17, 15) is 0 Å². The second-order valence-electron chi connectivity index (χ2n) is 6.98. The molecule has 0 radical (unpaired) electrons. The summed E-state index contributed by atoms with van der Waals surface area (Å²) >= 11 is 0. The number of nitrogens with zero attached hydrogens (tertiary/aromatic N) is 4. The molecule has 0 saturated carbocycles. The zero-order chi connectivity index (χ0) is 21.3. The van der Waals surface area contributed by atoms with Crippen molar-refractivity contribution in [2.75, 3.05) is 52.0 Å². The minimum atomic E-state index is 0.575. The van der Waals surface area contributed by atoms with Crippen LogP contribution in [-0.4, -0.2) is 61.3 Å². The Hall–Kier alpha value is -3.39. The molecular weight excluding hydrogens is 380 g/mol.